The molecule has 0 heterocycles. The first-order valence-electron chi connectivity index (χ1n) is 7.80. The van der Waals surface area contributed by atoms with E-state index in [-0.39, 0.29) is 17.7 Å². The Morgan fingerprint density at radius 3 is 2.41 bits per heavy atom. The van der Waals surface area contributed by atoms with E-state index in [4.69, 9.17) is 0 Å². The number of carbonyl (C=O) groups is 2. The van der Waals surface area contributed by atoms with Gasteiger partial charge in [0.15, 0.2) is 0 Å². The maximum absolute atomic E-state index is 12.7. The Balaban J connectivity index is 1.83. The minimum absolute atomic E-state index is 0.00130. The number of carbonyl (C=O) groups excluding carboxylic acids is 1. The molecule has 2 aliphatic rings. The normalized spacial score (nSPS) is 29.0. The van der Waals surface area contributed by atoms with Gasteiger partial charge in [-0.05, 0) is 35.8 Å². The molecule has 0 unspecified atom stereocenters. The van der Waals surface area contributed by atoms with Crippen LogP contribution in [0, 0.1) is 23.7 Å². The largest absolute Gasteiger partial charge is 0.481 e. The van der Waals surface area contributed by atoms with E-state index in [1.54, 1.807) is 0 Å². The first-order chi connectivity index (χ1) is 10.5. The molecular formula is C18H21NO3. The number of carboxylic acid groups (broad SMARTS) is 1. The number of para-hydroxylation sites is 1. The molecule has 0 spiro atoms. The highest BCUT2D eigenvalue weighted by Crippen LogP contribution is 2.48. The van der Waals surface area contributed by atoms with Gasteiger partial charge in [-0.1, -0.05) is 44.2 Å². The van der Waals surface area contributed by atoms with Crippen LogP contribution in [-0.2, 0) is 9.59 Å². The van der Waals surface area contributed by atoms with Crippen LogP contribution in [-0.4, -0.2) is 17.0 Å². The second kappa shape index (κ2) is 5.59. The van der Waals surface area contributed by atoms with Crippen LogP contribution in [0.2, 0.25) is 0 Å². The molecule has 0 saturated heterocycles. The minimum Gasteiger partial charge on any atom is -0.481 e. The molecule has 2 aliphatic carbocycles. The van der Waals surface area contributed by atoms with Gasteiger partial charge in [-0.3, -0.25) is 9.59 Å². The molecule has 2 N–H and O–H groups in total. The first kappa shape index (κ1) is 14.8. The lowest BCUT2D eigenvalue weighted by Gasteiger charge is -2.24. The molecule has 0 aromatic heterocycles. The second-order valence-electron chi connectivity index (χ2n) is 6.57. The zero-order chi connectivity index (χ0) is 15.9. The fourth-order valence-corrected chi connectivity index (χ4v) is 3.85. The molecule has 4 heteroatoms. The Morgan fingerprint density at radius 2 is 1.77 bits per heavy atom. The number of hydrogen-bond donors (Lipinski definition) is 2. The van der Waals surface area contributed by atoms with E-state index in [1.807, 2.05) is 36.4 Å². The van der Waals surface area contributed by atoms with E-state index >= 15 is 0 Å². The predicted molar refractivity (Wildman–Crippen MR) is 84.5 cm³/mol. The SMILES string of the molecule is CC(C)c1ccccc1NC(=O)[C@H]1[C@@H](C(=O)O)[C@@H]2C=C[C@H]1C2. The van der Waals surface area contributed by atoms with Gasteiger partial charge < -0.3 is 10.4 Å². The van der Waals surface area contributed by atoms with Crippen molar-refractivity contribution in [2.45, 2.75) is 26.2 Å². The average molecular weight is 299 g/mol. The van der Waals surface area contributed by atoms with Gasteiger partial charge in [0.2, 0.25) is 5.91 Å². The Morgan fingerprint density at radius 1 is 1.14 bits per heavy atom. The molecule has 0 aliphatic heterocycles. The van der Waals surface area contributed by atoms with Crippen LogP contribution < -0.4 is 5.32 Å². The monoisotopic (exact) mass is 299 g/mol. The summed E-state index contributed by atoms with van der Waals surface area (Å²) in [5.74, 6) is -1.75. The van der Waals surface area contributed by atoms with Gasteiger partial charge in [-0.25, -0.2) is 0 Å². The molecule has 1 amide bonds. The van der Waals surface area contributed by atoms with Crippen LogP contribution in [0.15, 0.2) is 36.4 Å². The van der Waals surface area contributed by atoms with Crippen LogP contribution in [0.4, 0.5) is 5.69 Å². The van der Waals surface area contributed by atoms with Crippen molar-refractivity contribution in [2.75, 3.05) is 5.32 Å². The maximum Gasteiger partial charge on any atom is 0.307 e. The fourth-order valence-electron chi connectivity index (χ4n) is 3.85. The number of aliphatic carboxylic acids is 1. The van der Waals surface area contributed by atoms with Gasteiger partial charge in [0, 0.05) is 5.69 Å². The predicted octanol–water partition coefficient (Wildman–Crippen LogP) is 3.27. The van der Waals surface area contributed by atoms with Crippen molar-refractivity contribution in [3.05, 3.63) is 42.0 Å². The van der Waals surface area contributed by atoms with E-state index < -0.39 is 17.8 Å². The number of hydrogen-bond acceptors (Lipinski definition) is 2. The summed E-state index contributed by atoms with van der Waals surface area (Å²) in [4.78, 5) is 24.2. The molecule has 1 aromatic rings. The summed E-state index contributed by atoms with van der Waals surface area (Å²) < 4.78 is 0. The fraction of sp³-hybridized carbons (Fsp3) is 0.444. The van der Waals surface area contributed by atoms with E-state index in [2.05, 4.69) is 19.2 Å². The van der Waals surface area contributed by atoms with Gasteiger partial charge in [-0.2, -0.15) is 0 Å². The summed E-state index contributed by atoms with van der Waals surface area (Å²) in [5, 5.41) is 12.4. The number of nitrogens with one attached hydrogen (secondary N) is 1. The van der Waals surface area contributed by atoms with Crippen LogP contribution in [0.1, 0.15) is 31.7 Å². The van der Waals surface area contributed by atoms with Crippen molar-refractivity contribution >= 4 is 17.6 Å². The van der Waals surface area contributed by atoms with Crippen LogP contribution in [0.5, 0.6) is 0 Å². The molecule has 0 radical (unpaired) electrons. The Kier molecular flexibility index (Phi) is 3.77. The molecule has 1 fully saturated rings. The summed E-state index contributed by atoms with van der Waals surface area (Å²) >= 11 is 0. The quantitative estimate of drug-likeness (QED) is 0.839. The van der Waals surface area contributed by atoms with Gasteiger partial charge in [0.25, 0.3) is 0 Å². The first-order valence-corrected chi connectivity index (χ1v) is 7.80. The van der Waals surface area contributed by atoms with Crippen molar-refractivity contribution in [2.24, 2.45) is 23.7 Å². The lowest BCUT2D eigenvalue weighted by Crippen LogP contribution is -2.36. The standard InChI is InChI=1S/C18H21NO3/c1-10(2)13-5-3-4-6-14(13)19-17(20)15-11-7-8-12(9-11)16(15)18(21)22/h3-8,10-12,15-16H,9H2,1-2H3,(H,19,20)(H,21,22)/t11-,12+,15+,16-/m0/s1. The summed E-state index contributed by atoms with van der Waals surface area (Å²) in [7, 11) is 0. The third-order valence-electron chi connectivity index (χ3n) is 4.89. The number of carboxylic acids is 1. The average Bonchev–Trinajstić information content (AvgIpc) is 3.08. The summed E-state index contributed by atoms with van der Waals surface area (Å²) in [5.41, 5.74) is 1.86. The Bertz CT molecular complexity index is 635. The molecule has 4 nitrogen and oxygen atoms in total. The van der Waals surface area contributed by atoms with Crippen molar-refractivity contribution in [1.29, 1.82) is 0 Å². The van der Waals surface area contributed by atoms with Crippen LogP contribution in [0.3, 0.4) is 0 Å². The minimum atomic E-state index is -0.867. The number of fused-ring (bicyclic) bond motifs is 2. The zero-order valence-electron chi connectivity index (χ0n) is 12.8. The number of benzene rings is 1. The van der Waals surface area contributed by atoms with Gasteiger partial charge in [0.1, 0.15) is 0 Å². The highest BCUT2D eigenvalue weighted by atomic mass is 16.4. The zero-order valence-corrected chi connectivity index (χ0v) is 12.8. The van der Waals surface area contributed by atoms with Crippen molar-refractivity contribution in [1.82, 2.24) is 0 Å². The topological polar surface area (TPSA) is 66.4 Å². The maximum atomic E-state index is 12.7. The third kappa shape index (κ3) is 2.43. The van der Waals surface area contributed by atoms with Crippen LogP contribution in [0.25, 0.3) is 0 Å². The molecule has 22 heavy (non-hydrogen) atoms. The Hall–Kier alpha value is -2.10. The van der Waals surface area contributed by atoms with Crippen molar-refractivity contribution < 1.29 is 14.7 Å². The van der Waals surface area contributed by atoms with Crippen LogP contribution >= 0.6 is 0 Å². The lowest BCUT2D eigenvalue weighted by atomic mass is 9.82. The molecule has 4 atom stereocenters. The highest BCUT2D eigenvalue weighted by Gasteiger charge is 2.51. The number of allylic oxidation sites excluding steroid dienone is 2. The van der Waals surface area contributed by atoms with Crippen molar-refractivity contribution in [3.63, 3.8) is 0 Å². The molecule has 1 saturated carbocycles. The molecule has 3 rings (SSSR count). The summed E-state index contributed by atoms with van der Waals surface area (Å²) in [6.07, 6.45) is 4.74. The van der Waals surface area contributed by atoms with E-state index in [0.717, 1.165) is 17.7 Å². The van der Waals surface area contributed by atoms with E-state index in [9.17, 15) is 14.7 Å². The van der Waals surface area contributed by atoms with Crippen molar-refractivity contribution in [3.8, 4) is 0 Å². The number of rotatable bonds is 4. The summed E-state index contributed by atoms with van der Waals surface area (Å²) in [6, 6.07) is 7.71. The number of amides is 1. The lowest BCUT2D eigenvalue weighted by molar-refractivity contribution is -0.146. The molecule has 1 aromatic carbocycles. The third-order valence-corrected chi connectivity index (χ3v) is 4.89. The molecular weight excluding hydrogens is 278 g/mol. The number of anilines is 1. The smallest absolute Gasteiger partial charge is 0.307 e. The van der Waals surface area contributed by atoms with Gasteiger partial charge in [0.05, 0.1) is 11.8 Å². The molecule has 116 valence electrons. The second-order valence-corrected chi connectivity index (χ2v) is 6.57. The molecule has 2 bridgehead atoms. The van der Waals surface area contributed by atoms with Gasteiger partial charge in [-0.15, -0.1) is 0 Å². The van der Waals surface area contributed by atoms with E-state index in [0.29, 0.717) is 5.92 Å². The van der Waals surface area contributed by atoms with Gasteiger partial charge >= 0.3 is 5.97 Å². The highest BCUT2D eigenvalue weighted by molar-refractivity contribution is 5.97. The summed E-state index contributed by atoms with van der Waals surface area (Å²) in [6.45, 7) is 4.15. The Labute approximate surface area is 130 Å². The van der Waals surface area contributed by atoms with E-state index in [1.165, 1.54) is 0 Å².